The van der Waals surface area contributed by atoms with Crippen molar-refractivity contribution in [3.63, 3.8) is 0 Å². The smallest absolute Gasteiger partial charge is 0.247 e. The Morgan fingerprint density at radius 1 is 1.43 bits per heavy atom. The summed E-state index contributed by atoms with van der Waals surface area (Å²) < 4.78 is 5.76. The van der Waals surface area contributed by atoms with Crippen LogP contribution in [0, 0.1) is 0 Å². The van der Waals surface area contributed by atoms with Gasteiger partial charge in [-0.2, -0.15) is 0 Å². The molecule has 1 atom stereocenters. The van der Waals surface area contributed by atoms with Gasteiger partial charge in [0.05, 0.1) is 16.3 Å². The maximum Gasteiger partial charge on any atom is 0.247 e. The summed E-state index contributed by atoms with van der Waals surface area (Å²) in [5, 5.41) is 5.52. The zero-order valence-corrected chi connectivity index (χ0v) is 13.0. The van der Waals surface area contributed by atoms with E-state index in [1.807, 2.05) is 20.8 Å². The Morgan fingerprint density at radius 2 is 2.10 bits per heavy atom. The Morgan fingerprint density at radius 3 is 2.57 bits per heavy atom. The van der Waals surface area contributed by atoms with Crippen LogP contribution in [0.2, 0.25) is 5.02 Å². The number of hydrogen-bond donors (Lipinski definition) is 2. The SMILES string of the molecule is C=CC(=O)Nc1ccc(C(NC=O)OC(C)(C)C)cc1Cl. The van der Waals surface area contributed by atoms with E-state index in [9.17, 15) is 9.59 Å². The molecule has 0 fully saturated rings. The molecule has 6 heteroatoms. The van der Waals surface area contributed by atoms with E-state index in [0.717, 1.165) is 6.08 Å². The predicted molar refractivity (Wildman–Crippen MR) is 83.1 cm³/mol. The van der Waals surface area contributed by atoms with Crippen molar-refractivity contribution in [2.45, 2.75) is 32.6 Å². The fraction of sp³-hybridized carbons (Fsp3) is 0.333. The number of ether oxygens (including phenoxy) is 1. The second-order valence-corrected chi connectivity index (χ2v) is 5.73. The summed E-state index contributed by atoms with van der Waals surface area (Å²) in [6.07, 6.45) is 1.10. The molecule has 1 aromatic carbocycles. The van der Waals surface area contributed by atoms with Crippen LogP contribution in [0.25, 0.3) is 0 Å². The monoisotopic (exact) mass is 310 g/mol. The number of carbonyl (C=O) groups is 2. The largest absolute Gasteiger partial charge is 0.349 e. The van der Waals surface area contributed by atoms with Gasteiger partial charge in [0, 0.05) is 5.56 Å². The highest BCUT2D eigenvalue weighted by Gasteiger charge is 2.20. The van der Waals surface area contributed by atoms with E-state index in [1.165, 1.54) is 0 Å². The van der Waals surface area contributed by atoms with Gasteiger partial charge in [-0.1, -0.05) is 24.2 Å². The molecule has 0 aliphatic carbocycles. The fourth-order valence-electron chi connectivity index (χ4n) is 1.59. The summed E-state index contributed by atoms with van der Waals surface area (Å²) in [5.74, 6) is -0.349. The van der Waals surface area contributed by atoms with Crippen molar-refractivity contribution in [2.24, 2.45) is 0 Å². The molecule has 1 aromatic rings. The van der Waals surface area contributed by atoms with Gasteiger partial charge in [0.25, 0.3) is 0 Å². The van der Waals surface area contributed by atoms with E-state index in [2.05, 4.69) is 17.2 Å². The molecule has 0 heterocycles. The first-order chi connectivity index (χ1) is 9.76. The maximum absolute atomic E-state index is 11.3. The Labute approximate surface area is 129 Å². The first-order valence-corrected chi connectivity index (χ1v) is 6.75. The summed E-state index contributed by atoms with van der Waals surface area (Å²) in [6, 6.07) is 5.00. The van der Waals surface area contributed by atoms with Gasteiger partial charge in [-0.15, -0.1) is 0 Å². The Balaban J connectivity index is 3.00. The van der Waals surface area contributed by atoms with Crippen LogP contribution in [0.5, 0.6) is 0 Å². The lowest BCUT2D eigenvalue weighted by molar-refractivity contribution is -0.120. The lowest BCUT2D eigenvalue weighted by Gasteiger charge is -2.27. The molecule has 0 aliphatic heterocycles. The van der Waals surface area contributed by atoms with Gasteiger partial charge >= 0.3 is 0 Å². The topological polar surface area (TPSA) is 67.4 Å². The summed E-state index contributed by atoms with van der Waals surface area (Å²) in [6.45, 7) is 9.02. The molecule has 0 radical (unpaired) electrons. The third kappa shape index (κ3) is 5.57. The highest BCUT2D eigenvalue weighted by atomic mass is 35.5. The molecule has 114 valence electrons. The number of benzene rings is 1. The highest BCUT2D eigenvalue weighted by molar-refractivity contribution is 6.33. The van der Waals surface area contributed by atoms with E-state index in [1.54, 1.807) is 18.2 Å². The molecule has 0 aliphatic rings. The van der Waals surface area contributed by atoms with Gasteiger partial charge < -0.3 is 15.4 Å². The molecule has 5 nitrogen and oxygen atoms in total. The summed E-state index contributed by atoms with van der Waals surface area (Å²) in [5.41, 5.74) is 0.702. The standard InChI is InChI=1S/C15H19ClN2O3/c1-5-13(20)18-12-7-6-10(8-11(12)16)14(17-9-19)21-15(2,3)4/h5-9,14H,1H2,2-4H3,(H,17,19)(H,18,20). The van der Waals surface area contributed by atoms with Crippen molar-refractivity contribution in [1.82, 2.24) is 5.32 Å². The van der Waals surface area contributed by atoms with Gasteiger partial charge in [0.15, 0.2) is 6.23 Å². The van der Waals surface area contributed by atoms with Crippen molar-refractivity contribution in [1.29, 1.82) is 0 Å². The summed E-state index contributed by atoms with van der Waals surface area (Å²) in [4.78, 5) is 22.0. The lowest BCUT2D eigenvalue weighted by atomic mass is 10.1. The van der Waals surface area contributed by atoms with Crippen molar-refractivity contribution < 1.29 is 14.3 Å². The molecule has 2 amide bonds. The number of nitrogens with one attached hydrogen (secondary N) is 2. The molecule has 0 saturated carbocycles. The first-order valence-electron chi connectivity index (χ1n) is 6.37. The van der Waals surface area contributed by atoms with Crippen molar-refractivity contribution in [2.75, 3.05) is 5.32 Å². The minimum Gasteiger partial charge on any atom is -0.349 e. The average molecular weight is 311 g/mol. The van der Waals surface area contributed by atoms with Gasteiger partial charge in [-0.3, -0.25) is 9.59 Å². The van der Waals surface area contributed by atoms with Gasteiger partial charge in [0.2, 0.25) is 12.3 Å². The molecule has 1 rings (SSSR count). The normalized spacial score (nSPS) is 12.4. The number of amides is 2. The van der Waals surface area contributed by atoms with Crippen LogP contribution >= 0.6 is 11.6 Å². The minimum atomic E-state index is -0.621. The molecule has 0 aromatic heterocycles. The van der Waals surface area contributed by atoms with E-state index in [0.29, 0.717) is 22.7 Å². The van der Waals surface area contributed by atoms with Gasteiger partial charge in [0.1, 0.15) is 0 Å². The highest BCUT2D eigenvalue weighted by Crippen LogP contribution is 2.28. The van der Waals surface area contributed by atoms with Gasteiger partial charge in [-0.25, -0.2) is 0 Å². The zero-order valence-electron chi connectivity index (χ0n) is 12.3. The van der Waals surface area contributed by atoms with Crippen LogP contribution < -0.4 is 10.6 Å². The van der Waals surface area contributed by atoms with Crippen LogP contribution in [-0.4, -0.2) is 17.9 Å². The molecule has 2 N–H and O–H groups in total. The number of carbonyl (C=O) groups excluding carboxylic acids is 2. The van der Waals surface area contributed by atoms with Gasteiger partial charge in [-0.05, 0) is 39.0 Å². The Bertz CT molecular complexity index is 538. The lowest BCUT2D eigenvalue weighted by Crippen LogP contribution is -2.31. The number of anilines is 1. The van der Waals surface area contributed by atoms with E-state index in [4.69, 9.17) is 16.3 Å². The molecule has 21 heavy (non-hydrogen) atoms. The van der Waals surface area contributed by atoms with E-state index >= 15 is 0 Å². The first kappa shape index (κ1) is 17.2. The third-order valence-electron chi connectivity index (χ3n) is 2.43. The van der Waals surface area contributed by atoms with Crippen LogP contribution in [0.4, 0.5) is 5.69 Å². The Hall–Kier alpha value is -1.85. The molecular weight excluding hydrogens is 292 g/mol. The van der Waals surface area contributed by atoms with Crippen LogP contribution in [0.15, 0.2) is 30.9 Å². The number of halogens is 1. The Kier molecular flexibility index (Phi) is 5.93. The number of rotatable bonds is 6. The van der Waals surface area contributed by atoms with Crippen LogP contribution in [0.1, 0.15) is 32.6 Å². The molecule has 0 saturated heterocycles. The maximum atomic E-state index is 11.3. The third-order valence-corrected chi connectivity index (χ3v) is 2.74. The van der Waals surface area contributed by atoms with Crippen molar-refractivity contribution >= 4 is 29.6 Å². The minimum absolute atomic E-state index is 0.345. The zero-order chi connectivity index (χ0) is 16.0. The molecule has 0 bridgehead atoms. The number of hydrogen-bond acceptors (Lipinski definition) is 3. The van der Waals surface area contributed by atoms with Crippen molar-refractivity contribution in [3.05, 3.63) is 41.4 Å². The van der Waals surface area contributed by atoms with Crippen LogP contribution in [-0.2, 0) is 14.3 Å². The van der Waals surface area contributed by atoms with Crippen LogP contribution in [0.3, 0.4) is 0 Å². The van der Waals surface area contributed by atoms with Crippen molar-refractivity contribution in [3.8, 4) is 0 Å². The summed E-state index contributed by atoms with van der Waals surface area (Å²) >= 11 is 6.13. The van der Waals surface area contributed by atoms with E-state index in [-0.39, 0.29) is 5.91 Å². The quantitative estimate of drug-likeness (QED) is 0.482. The second kappa shape index (κ2) is 7.24. The molecule has 0 spiro atoms. The average Bonchev–Trinajstić information content (AvgIpc) is 2.39. The fourth-order valence-corrected chi connectivity index (χ4v) is 1.83. The van der Waals surface area contributed by atoms with E-state index < -0.39 is 11.8 Å². The second-order valence-electron chi connectivity index (χ2n) is 5.33. The molecular formula is C15H19ClN2O3. The summed E-state index contributed by atoms with van der Waals surface area (Å²) in [7, 11) is 0. The predicted octanol–water partition coefficient (Wildman–Crippen LogP) is 3.02. The molecule has 1 unspecified atom stereocenters.